The molecule has 0 spiro atoms. The lowest BCUT2D eigenvalue weighted by atomic mass is 10.4. The van der Waals surface area contributed by atoms with Crippen LogP contribution in [0.2, 0.25) is 0 Å². The molecule has 0 unspecified atom stereocenters. The van der Waals surface area contributed by atoms with E-state index in [1.807, 2.05) is 17.1 Å². The molecule has 2 N–H and O–H groups in total. The molecule has 2 aromatic heterocycles. The van der Waals surface area contributed by atoms with Crippen LogP contribution in [0.5, 0.6) is 0 Å². The Bertz CT molecular complexity index is 464. The van der Waals surface area contributed by atoms with Gasteiger partial charge in [-0.1, -0.05) is 18.9 Å². The second-order valence-corrected chi connectivity index (χ2v) is 4.62. The van der Waals surface area contributed by atoms with Crippen LogP contribution in [0.4, 0.5) is 6.01 Å². The van der Waals surface area contributed by atoms with Gasteiger partial charge in [-0.3, -0.25) is 0 Å². The van der Waals surface area contributed by atoms with E-state index in [4.69, 9.17) is 4.42 Å². The smallest absolute Gasteiger partial charge is 0.315 e. The van der Waals surface area contributed by atoms with E-state index in [1.54, 1.807) is 6.20 Å². The van der Waals surface area contributed by atoms with Crippen molar-refractivity contribution >= 4 is 6.01 Å². The number of hydrogen-bond donors (Lipinski definition) is 2. The number of nitrogens with zero attached hydrogens (tertiary/aromatic N) is 4. The Hall–Kier alpha value is -1.89. The fraction of sp³-hybridized carbons (Fsp3) is 0.583. The Balaban J connectivity index is 1.65. The maximum atomic E-state index is 5.46. The highest BCUT2D eigenvalue weighted by atomic mass is 16.4. The average molecular weight is 264 g/mol. The predicted molar refractivity (Wildman–Crippen MR) is 71.6 cm³/mol. The van der Waals surface area contributed by atoms with Crippen molar-refractivity contribution in [1.29, 1.82) is 0 Å². The number of rotatable bonds is 8. The molecule has 0 bridgehead atoms. The van der Waals surface area contributed by atoms with E-state index >= 15 is 0 Å². The Morgan fingerprint density at radius 1 is 1.37 bits per heavy atom. The molecule has 7 heteroatoms. The normalized spacial score (nSPS) is 11.1. The highest BCUT2D eigenvalue weighted by molar-refractivity contribution is 5.16. The molecule has 0 atom stereocenters. The van der Waals surface area contributed by atoms with Gasteiger partial charge in [-0.2, -0.15) is 0 Å². The Morgan fingerprint density at radius 3 is 3.00 bits per heavy atom. The topological polar surface area (TPSA) is 80.8 Å². The third kappa shape index (κ3) is 4.70. The summed E-state index contributed by atoms with van der Waals surface area (Å²) in [5.74, 6) is 0.603. The van der Waals surface area contributed by atoms with Crippen LogP contribution in [0.3, 0.4) is 0 Å². The van der Waals surface area contributed by atoms with Gasteiger partial charge in [-0.05, 0) is 6.42 Å². The van der Waals surface area contributed by atoms with E-state index in [9.17, 15) is 0 Å². The zero-order chi connectivity index (χ0) is 13.5. The summed E-state index contributed by atoms with van der Waals surface area (Å²) >= 11 is 0. The monoisotopic (exact) mass is 264 g/mol. The molecule has 0 aliphatic heterocycles. The molecule has 0 radical (unpaired) electrons. The summed E-state index contributed by atoms with van der Waals surface area (Å²) in [5.41, 5.74) is 0. The van der Waals surface area contributed by atoms with Crippen LogP contribution in [0.25, 0.3) is 0 Å². The van der Waals surface area contributed by atoms with E-state index < -0.39 is 0 Å². The van der Waals surface area contributed by atoms with Crippen molar-refractivity contribution in [1.82, 2.24) is 25.1 Å². The lowest BCUT2D eigenvalue weighted by Gasteiger charge is -2.04. The van der Waals surface area contributed by atoms with E-state index in [2.05, 4.69) is 39.7 Å². The summed E-state index contributed by atoms with van der Waals surface area (Å²) in [7, 11) is 0. The first-order valence-electron chi connectivity index (χ1n) is 6.49. The number of anilines is 1. The van der Waals surface area contributed by atoms with E-state index in [0.717, 1.165) is 19.5 Å². The lowest BCUT2D eigenvalue weighted by Crippen LogP contribution is -2.21. The van der Waals surface area contributed by atoms with Crippen LogP contribution in [0, 0.1) is 0 Å². The molecule has 2 rings (SSSR count). The number of aryl methyl sites for hydroxylation is 1. The molecule has 2 heterocycles. The fourth-order valence-corrected chi connectivity index (χ4v) is 1.56. The van der Waals surface area contributed by atoms with Crippen molar-refractivity contribution in [2.45, 2.75) is 39.4 Å². The minimum absolute atomic E-state index is 0.401. The van der Waals surface area contributed by atoms with Gasteiger partial charge in [0.15, 0.2) is 0 Å². The van der Waals surface area contributed by atoms with Crippen molar-refractivity contribution in [3.8, 4) is 0 Å². The number of imidazole rings is 1. The molecule has 0 aromatic carbocycles. The van der Waals surface area contributed by atoms with E-state index in [-0.39, 0.29) is 0 Å². The highest BCUT2D eigenvalue weighted by Crippen LogP contribution is 2.05. The minimum atomic E-state index is 0.401. The molecule has 0 amide bonds. The Morgan fingerprint density at radius 2 is 2.26 bits per heavy atom. The zero-order valence-corrected chi connectivity index (χ0v) is 11.3. The first-order valence-corrected chi connectivity index (χ1v) is 6.49. The van der Waals surface area contributed by atoms with Gasteiger partial charge in [-0.15, -0.1) is 5.10 Å². The van der Waals surface area contributed by atoms with Crippen molar-refractivity contribution < 1.29 is 4.42 Å². The lowest BCUT2D eigenvalue weighted by molar-refractivity contribution is 0.458. The molecule has 0 saturated heterocycles. The van der Waals surface area contributed by atoms with Gasteiger partial charge in [0.05, 0.1) is 12.9 Å². The molecule has 2 aromatic rings. The molecule has 7 nitrogen and oxygen atoms in total. The fourth-order valence-electron chi connectivity index (χ4n) is 1.56. The van der Waals surface area contributed by atoms with Crippen LogP contribution in [-0.4, -0.2) is 32.3 Å². The van der Waals surface area contributed by atoms with Crippen molar-refractivity contribution in [2.75, 3.05) is 11.9 Å². The number of hydrogen-bond acceptors (Lipinski definition) is 6. The molecule has 0 saturated carbocycles. The summed E-state index contributed by atoms with van der Waals surface area (Å²) in [4.78, 5) is 3.99. The van der Waals surface area contributed by atoms with Crippen molar-refractivity contribution in [3.05, 3.63) is 24.6 Å². The Labute approximate surface area is 112 Å². The third-order valence-corrected chi connectivity index (χ3v) is 2.56. The van der Waals surface area contributed by atoms with E-state index in [1.165, 1.54) is 0 Å². The van der Waals surface area contributed by atoms with Crippen molar-refractivity contribution in [2.24, 2.45) is 0 Å². The molecular weight excluding hydrogens is 244 g/mol. The van der Waals surface area contributed by atoms with Gasteiger partial charge in [0.25, 0.3) is 0 Å². The molecule has 104 valence electrons. The van der Waals surface area contributed by atoms with Crippen LogP contribution in [0.1, 0.15) is 26.2 Å². The quantitative estimate of drug-likeness (QED) is 0.699. The SMILES string of the molecule is CC(C)NCc1nnc(NCCCn2ccnc2)o1. The first kappa shape index (κ1) is 13.5. The van der Waals surface area contributed by atoms with Crippen molar-refractivity contribution in [3.63, 3.8) is 0 Å². The van der Waals surface area contributed by atoms with Crippen LogP contribution < -0.4 is 10.6 Å². The highest BCUT2D eigenvalue weighted by Gasteiger charge is 2.05. The standard InChI is InChI=1S/C12H20N6O/c1-10(2)15-8-11-16-17-12(19-11)14-4-3-6-18-7-5-13-9-18/h5,7,9-10,15H,3-4,6,8H2,1-2H3,(H,14,17). The summed E-state index contributed by atoms with van der Waals surface area (Å²) in [6.45, 7) is 6.46. The van der Waals surface area contributed by atoms with Gasteiger partial charge in [0.2, 0.25) is 5.89 Å². The van der Waals surface area contributed by atoms with Gasteiger partial charge < -0.3 is 19.6 Å². The van der Waals surface area contributed by atoms with E-state index in [0.29, 0.717) is 24.5 Å². The summed E-state index contributed by atoms with van der Waals surface area (Å²) in [6, 6.07) is 0.879. The van der Waals surface area contributed by atoms with Crippen LogP contribution >= 0.6 is 0 Å². The Kier molecular flexibility index (Phi) is 4.91. The predicted octanol–water partition coefficient (Wildman–Crippen LogP) is 1.27. The molecule has 0 fully saturated rings. The van der Waals surface area contributed by atoms with Crippen LogP contribution in [-0.2, 0) is 13.1 Å². The number of aromatic nitrogens is 4. The largest absolute Gasteiger partial charge is 0.407 e. The maximum absolute atomic E-state index is 5.46. The average Bonchev–Trinajstić information content (AvgIpc) is 3.04. The minimum Gasteiger partial charge on any atom is -0.407 e. The summed E-state index contributed by atoms with van der Waals surface area (Å²) < 4.78 is 7.49. The van der Waals surface area contributed by atoms with Crippen LogP contribution in [0.15, 0.2) is 23.1 Å². The second kappa shape index (κ2) is 6.89. The second-order valence-electron chi connectivity index (χ2n) is 4.62. The van der Waals surface area contributed by atoms with Gasteiger partial charge in [0.1, 0.15) is 0 Å². The number of nitrogens with one attached hydrogen (secondary N) is 2. The molecule has 0 aliphatic rings. The van der Waals surface area contributed by atoms with Gasteiger partial charge >= 0.3 is 6.01 Å². The molecule has 19 heavy (non-hydrogen) atoms. The van der Waals surface area contributed by atoms with Gasteiger partial charge in [-0.25, -0.2) is 4.98 Å². The molecular formula is C12H20N6O. The third-order valence-electron chi connectivity index (χ3n) is 2.56. The summed E-state index contributed by atoms with van der Waals surface area (Å²) in [5, 5.41) is 14.2. The van der Waals surface area contributed by atoms with Gasteiger partial charge in [0, 0.05) is 31.5 Å². The first-order chi connectivity index (χ1) is 9.24. The maximum Gasteiger partial charge on any atom is 0.315 e. The zero-order valence-electron chi connectivity index (χ0n) is 11.3. The molecule has 0 aliphatic carbocycles. The summed E-state index contributed by atoms with van der Waals surface area (Å²) in [6.07, 6.45) is 6.50.